The molecule has 0 atom stereocenters. The zero-order valence-corrected chi connectivity index (χ0v) is 13.3. The molecule has 0 spiro atoms. The first-order valence-corrected chi connectivity index (χ1v) is 7.74. The van der Waals surface area contributed by atoms with Crippen LogP contribution in [0.3, 0.4) is 0 Å². The number of benzene rings is 2. The summed E-state index contributed by atoms with van der Waals surface area (Å²) < 4.78 is 1.02. The molecule has 0 aliphatic carbocycles. The molecule has 0 saturated heterocycles. The van der Waals surface area contributed by atoms with Gasteiger partial charge in [-0.1, -0.05) is 29.3 Å². The van der Waals surface area contributed by atoms with Crippen LogP contribution >= 0.6 is 34.5 Å². The number of halogens is 2. The van der Waals surface area contributed by atoms with E-state index in [1.807, 2.05) is 25.1 Å². The minimum Gasteiger partial charge on any atom is -0.322 e. The number of aryl methyl sites for hydroxylation is 1. The first-order valence-electron chi connectivity index (χ1n) is 6.17. The zero-order valence-electron chi connectivity index (χ0n) is 11.0. The van der Waals surface area contributed by atoms with Gasteiger partial charge in [0.25, 0.3) is 5.91 Å². The predicted octanol–water partition coefficient (Wildman–Crippen LogP) is 5.16. The molecule has 3 aromatic rings. The summed E-state index contributed by atoms with van der Waals surface area (Å²) >= 11 is 13.7. The number of rotatable bonds is 2. The second-order valence-electron chi connectivity index (χ2n) is 4.47. The van der Waals surface area contributed by atoms with Crippen molar-refractivity contribution in [1.82, 2.24) is 4.98 Å². The lowest BCUT2D eigenvalue weighted by atomic mass is 10.2. The highest BCUT2D eigenvalue weighted by Crippen LogP contribution is 2.27. The third-order valence-corrected chi connectivity index (χ3v) is 4.51. The Kier molecular flexibility index (Phi) is 3.85. The Morgan fingerprint density at radius 3 is 2.62 bits per heavy atom. The Balaban J connectivity index is 1.92. The molecule has 0 radical (unpaired) electrons. The lowest BCUT2D eigenvalue weighted by Gasteiger charge is -2.08. The lowest BCUT2D eigenvalue weighted by molar-refractivity contribution is 0.102. The van der Waals surface area contributed by atoms with Crippen molar-refractivity contribution in [2.45, 2.75) is 6.92 Å². The highest BCUT2D eigenvalue weighted by Gasteiger charge is 2.15. The van der Waals surface area contributed by atoms with E-state index in [4.69, 9.17) is 23.2 Å². The number of nitrogens with one attached hydrogen (secondary N) is 1. The van der Waals surface area contributed by atoms with E-state index in [1.54, 1.807) is 29.5 Å². The van der Waals surface area contributed by atoms with Crippen LogP contribution in [-0.4, -0.2) is 10.9 Å². The maximum absolute atomic E-state index is 12.3. The second-order valence-corrected chi connectivity index (χ2v) is 6.52. The van der Waals surface area contributed by atoms with Crippen LogP contribution in [0.25, 0.3) is 10.2 Å². The van der Waals surface area contributed by atoms with E-state index in [0.717, 1.165) is 15.2 Å². The van der Waals surface area contributed by atoms with Crippen molar-refractivity contribution in [1.29, 1.82) is 0 Å². The van der Waals surface area contributed by atoms with Crippen molar-refractivity contribution in [2.24, 2.45) is 0 Å². The predicted molar refractivity (Wildman–Crippen MR) is 88.8 cm³/mol. The highest BCUT2D eigenvalue weighted by atomic mass is 35.5. The molecule has 106 valence electrons. The van der Waals surface area contributed by atoms with E-state index < -0.39 is 0 Å². The van der Waals surface area contributed by atoms with Crippen molar-refractivity contribution in [3.63, 3.8) is 0 Å². The van der Waals surface area contributed by atoms with E-state index in [0.29, 0.717) is 15.7 Å². The van der Waals surface area contributed by atoms with Crippen LogP contribution in [0.4, 0.5) is 5.69 Å². The van der Waals surface area contributed by atoms with Gasteiger partial charge in [0.2, 0.25) is 0 Å². The molecule has 0 fully saturated rings. The summed E-state index contributed by atoms with van der Waals surface area (Å²) in [5.74, 6) is -0.328. The summed E-state index contributed by atoms with van der Waals surface area (Å²) in [7, 11) is 0. The third-order valence-electron chi connectivity index (χ3n) is 2.94. The Morgan fingerprint density at radius 2 is 1.90 bits per heavy atom. The van der Waals surface area contributed by atoms with Crippen molar-refractivity contribution < 1.29 is 4.79 Å². The van der Waals surface area contributed by atoms with Crippen LogP contribution < -0.4 is 5.32 Å². The van der Waals surface area contributed by atoms with E-state index in [2.05, 4.69) is 10.3 Å². The summed E-state index contributed by atoms with van der Waals surface area (Å²) in [6, 6.07) is 10.6. The number of amides is 1. The molecule has 1 N–H and O–H groups in total. The van der Waals surface area contributed by atoms with Gasteiger partial charge in [0.05, 0.1) is 30.8 Å². The van der Waals surface area contributed by atoms with E-state index >= 15 is 0 Å². The number of fused-ring (bicyclic) bond motifs is 1. The fraction of sp³-hybridized carbons (Fsp3) is 0.0667. The summed E-state index contributed by atoms with van der Waals surface area (Å²) in [4.78, 5) is 16.7. The molecule has 0 aliphatic heterocycles. The number of hydrogen-bond donors (Lipinski definition) is 1. The van der Waals surface area contributed by atoms with Crippen LogP contribution in [0.1, 0.15) is 15.4 Å². The van der Waals surface area contributed by atoms with Gasteiger partial charge in [0.15, 0.2) is 0 Å². The SMILES string of the molecule is Cc1nc2ccc(NC(=O)c3c(Cl)cccc3Cl)cc2s1. The number of aromatic nitrogens is 1. The minimum atomic E-state index is -0.328. The standard InChI is InChI=1S/C15H10Cl2N2OS/c1-8-18-12-6-5-9(7-13(12)21-8)19-15(20)14-10(16)3-2-4-11(14)17/h2-7H,1H3,(H,19,20). The van der Waals surface area contributed by atoms with Crippen LogP contribution in [0.15, 0.2) is 36.4 Å². The fourth-order valence-corrected chi connectivity index (χ4v) is 3.46. The molecule has 3 rings (SSSR count). The lowest BCUT2D eigenvalue weighted by Crippen LogP contribution is -2.13. The minimum absolute atomic E-state index is 0.279. The zero-order chi connectivity index (χ0) is 15.0. The molecule has 3 nitrogen and oxygen atoms in total. The number of carbonyl (C=O) groups excluding carboxylic acids is 1. The molecule has 1 aromatic heterocycles. The van der Waals surface area contributed by atoms with Gasteiger partial charge < -0.3 is 5.32 Å². The third kappa shape index (κ3) is 2.88. The molecule has 1 amide bonds. The van der Waals surface area contributed by atoms with Crippen molar-refractivity contribution in [3.05, 3.63) is 57.0 Å². The Hall–Kier alpha value is -1.62. The summed E-state index contributed by atoms with van der Waals surface area (Å²) in [6.45, 7) is 1.95. The fourth-order valence-electron chi connectivity index (χ4n) is 2.03. The quantitative estimate of drug-likeness (QED) is 0.701. The van der Waals surface area contributed by atoms with Crippen LogP contribution in [0, 0.1) is 6.92 Å². The summed E-state index contributed by atoms with van der Waals surface area (Å²) in [6.07, 6.45) is 0. The average Bonchev–Trinajstić information content (AvgIpc) is 2.77. The van der Waals surface area contributed by atoms with Gasteiger partial charge in [-0.2, -0.15) is 0 Å². The first-order chi connectivity index (χ1) is 10.0. The van der Waals surface area contributed by atoms with Crippen LogP contribution in [-0.2, 0) is 0 Å². The van der Waals surface area contributed by atoms with Crippen molar-refractivity contribution in [3.8, 4) is 0 Å². The van der Waals surface area contributed by atoms with Gasteiger partial charge in [-0.3, -0.25) is 4.79 Å². The molecule has 1 heterocycles. The van der Waals surface area contributed by atoms with Gasteiger partial charge in [-0.15, -0.1) is 11.3 Å². The van der Waals surface area contributed by atoms with Gasteiger partial charge in [0, 0.05) is 5.69 Å². The van der Waals surface area contributed by atoms with Gasteiger partial charge in [-0.05, 0) is 37.3 Å². The molecule has 0 bridgehead atoms. The van der Waals surface area contributed by atoms with Gasteiger partial charge >= 0.3 is 0 Å². The van der Waals surface area contributed by atoms with E-state index in [9.17, 15) is 4.79 Å². The highest BCUT2D eigenvalue weighted by molar-refractivity contribution is 7.18. The molecule has 2 aromatic carbocycles. The Bertz CT molecular complexity index is 825. The Morgan fingerprint density at radius 1 is 1.19 bits per heavy atom. The van der Waals surface area contributed by atoms with Crippen LogP contribution in [0.5, 0.6) is 0 Å². The van der Waals surface area contributed by atoms with Crippen molar-refractivity contribution in [2.75, 3.05) is 5.32 Å². The van der Waals surface area contributed by atoms with E-state index in [1.165, 1.54) is 0 Å². The first kappa shape index (κ1) is 14.3. The molecule has 0 aliphatic rings. The maximum atomic E-state index is 12.3. The van der Waals surface area contributed by atoms with Crippen LogP contribution in [0.2, 0.25) is 10.0 Å². The summed E-state index contributed by atoms with van der Waals surface area (Å²) in [5, 5.41) is 4.46. The number of thiazole rings is 1. The smallest absolute Gasteiger partial charge is 0.258 e. The topological polar surface area (TPSA) is 42.0 Å². The largest absolute Gasteiger partial charge is 0.322 e. The Labute approximate surface area is 135 Å². The average molecular weight is 337 g/mol. The molecular weight excluding hydrogens is 327 g/mol. The van der Waals surface area contributed by atoms with E-state index in [-0.39, 0.29) is 11.5 Å². The normalized spacial score (nSPS) is 10.8. The molecule has 21 heavy (non-hydrogen) atoms. The summed E-state index contributed by atoms with van der Waals surface area (Å²) in [5.41, 5.74) is 1.89. The number of anilines is 1. The molecule has 6 heteroatoms. The molecule has 0 unspecified atom stereocenters. The number of hydrogen-bond acceptors (Lipinski definition) is 3. The van der Waals surface area contributed by atoms with Crippen molar-refractivity contribution >= 4 is 56.3 Å². The molecule has 0 saturated carbocycles. The molecular formula is C15H10Cl2N2OS. The van der Waals surface area contributed by atoms with Gasteiger partial charge in [0.1, 0.15) is 0 Å². The second kappa shape index (κ2) is 5.64. The number of nitrogens with zero attached hydrogens (tertiary/aromatic N) is 1. The maximum Gasteiger partial charge on any atom is 0.258 e. The van der Waals surface area contributed by atoms with Gasteiger partial charge in [-0.25, -0.2) is 4.98 Å². The number of carbonyl (C=O) groups is 1. The monoisotopic (exact) mass is 336 g/mol.